The van der Waals surface area contributed by atoms with Gasteiger partial charge in [0.05, 0.1) is 23.1 Å². The van der Waals surface area contributed by atoms with Crippen LogP contribution in [0.5, 0.6) is 0 Å². The second kappa shape index (κ2) is 9.86. The minimum Gasteiger partial charge on any atom is -0.382 e. The number of carbonyl (C=O) groups excluding carboxylic acids is 1. The number of aromatic amines is 1. The van der Waals surface area contributed by atoms with Crippen molar-refractivity contribution in [3.8, 4) is 22.6 Å². The number of aryl methyl sites for hydroxylation is 1. The number of nitrogens with zero attached hydrogens (tertiary/aromatic N) is 5. The Morgan fingerprint density at radius 2 is 1.93 bits per heavy atom. The maximum Gasteiger partial charge on any atom is 0.315 e. The lowest BCUT2D eigenvalue weighted by atomic mass is 9.89. The van der Waals surface area contributed by atoms with E-state index >= 15 is 0 Å². The second-order valence-electron chi connectivity index (χ2n) is 11.7. The molecule has 210 valence electrons. The van der Waals surface area contributed by atoms with Crippen molar-refractivity contribution in [3.05, 3.63) is 77.3 Å². The normalized spacial score (nSPS) is 15.5. The zero-order valence-electron chi connectivity index (χ0n) is 23.6. The van der Waals surface area contributed by atoms with E-state index < -0.39 is 11.5 Å². The van der Waals surface area contributed by atoms with Gasteiger partial charge in [0.1, 0.15) is 17.6 Å². The number of aliphatic hydroxyl groups is 1. The van der Waals surface area contributed by atoms with Crippen LogP contribution < -0.4 is 10.6 Å². The third-order valence-electron chi connectivity index (χ3n) is 7.49. The highest BCUT2D eigenvalue weighted by molar-refractivity contribution is 5.94. The fraction of sp³-hybridized carbons (Fsp3) is 0.333. The van der Waals surface area contributed by atoms with Gasteiger partial charge in [-0.1, -0.05) is 44.1 Å². The average molecular weight is 553 g/mol. The molecule has 4 aromatic heterocycles. The largest absolute Gasteiger partial charge is 0.382 e. The van der Waals surface area contributed by atoms with Crippen LogP contribution >= 0.6 is 0 Å². The van der Waals surface area contributed by atoms with E-state index in [9.17, 15) is 9.90 Å². The molecular formula is C30H32N8O3. The number of hydrogen-bond donors (Lipinski definition) is 4. The lowest BCUT2D eigenvalue weighted by Gasteiger charge is -2.37. The number of β-amino-alcohol motifs (C(OH)–C–C–N with tert-alkyl or cyclic N) is 1. The van der Waals surface area contributed by atoms with E-state index in [4.69, 9.17) is 4.52 Å². The molecule has 4 N–H and O–H groups in total. The molecule has 0 bridgehead atoms. The first-order valence-electron chi connectivity index (χ1n) is 13.5. The van der Waals surface area contributed by atoms with Crippen molar-refractivity contribution < 1.29 is 14.4 Å². The molecule has 1 atom stereocenters. The van der Waals surface area contributed by atoms with Crippen LogP contribution in [0.25, 0.3) is 33.7 Å². The molecule has 0 radical (unpaired) electrons. The molecule has 5 heterocycles. The number of rotatable bonds is 6. The summed E-state index contributed by atoms with van der Waals surface area (Å²) in [5, 5.41) is 21.4. The topological polar surface area (TPSA) is 155 Å². The lowest BCUT2D eigenvalue weighted by molar-refractivity contribution is -0.0149. The molecule has 1 saturated heterocycles. The van der Waals surface area contributed by atoms with Crippen molar-refractivity contribution >= 4 is 16.9 Å². The highest BCUT2D eigenvalue weighted by atomic mass is 16.5. The average Bonchev–Trinajstić information content (AvgIpc) is 3.60. The molecule has 11 nitrogen and oxygen atoms in total. The van der Waals surface area contributed by atoms with Gasteiger partial charge in [-0.3, -0.25) is 9.78 Å². The van der Waals surface area contributed by atoms with Crippen molar-refractivity contribution in [1.29, 1.82) is 0 Å². The first-order valence-corrected chi connectivity index (χ1v) is 13.5. The maximum absolute atomic E-state index is 12.8. The number of benzene rings is 1. The van der Waals surface area contributed by atoms with Gasteiger partial charge in [0, 0.05) is 41.2 Å². The Kier molecular flexibility index (Phi) is 6.43. The van der Waals surface area contributed by atoms with Gasteiger partial charge in [0.15, 0.2) is 5.82 Å². The van der Waals surface area contributed by atoms with Crippen LogP contribution in [0.1, 0.15) is 66.9 Å². The van der Waals surface area contributed by atoms with Gasteiger partial charge in [-0.25, -0.2) is 9.97 Å². The molecule has 1 amide bonds. The summed E-state index contributed by atoms with van der Waals surface area (Å²) in [4.78, 5) is 34.0. The Balaban J connectivity index is 1.23. The second-order valence-corrected chi connectivity index (χ2v) is 11.7. The SMILES string of the molecule is Cc1cc(-c2ncnc3[nH]c(-c4ccc(C5(O)CNC5)cn4)cc23)ccc1C(C)NC(=O)c1nc(C(C)(C)C)no1. The molecule has 1 aliphatic heterocycles. The minimum absolute atomic E-state index is 0.0530. The molecule has 5 aromatic rings. The van der Waals surface area contributed by atoms with E-state index in [2.05, 4.69) is 46.8 Å². The van der Waals surface area contributed by atoms with Crippen molar-refractivity contribution in [1.82, 2.24) is 40.7 Å². The van der Waals surface area contributed by atoms with Crippen molar-refractivity contribution in [2.75, 3.05) is 13.1 Å². The Morgan fingerprint density at radius 1 is 1.12 bits per heavy atom. The molecule has 1 aromatic carbocycles. The Hall–Kier alpha value is -4.48. The quantitative estimate of drug-likeness (QED) is 0.245. The van der Waals surface area contributed by atoms with Crippen LogP contribution in [0.4, 0.5) is 0 Å². The van der Waals surface area contributed by atoms with Crippen LogP contribution in [0.15, 0.2) is 53.4 Å². The van der Waals surface area contributed by atoms with E-state index in [1.54, 1.807) is 6.20 Å². The highest BCUT2D eigenvalue weighted by Crippen LogP contribution is 2.32. The fourth-order valence-corrected chi connectivity index (χ4v) is 4.97. The summed E-state index contributed by atoms with van der Waals surface area (Å²) in [5.74, 6) is 0.0155. The van der Waals surface area contributed by atoms with E-state index in [0.29, 0.717) is 24.6 Å². The molecule has 6 rings (SSSR count). The molecule has 0 aliphatic carbocycles. The number of hydrogen-bond acceptors (Lipinski definition) is 9. The van der Waals surface area contributed by atoms with Gasteiger partial charge in [-0.2, -0.15) is 4.98 Å². The Labute approximate surface area is 236 Å². The van der Waals surface area contributed by atoms with Crippen LogP contribution in [0.3, 0.4) is 0 Å². The van der Waals surface area contributed by atoms with Gasteiger partial charge in [0.2, 0.25) is 0 Å². The van der Waals surface area contributed by atoms with Crippen molar-refractivity contribution in [3.63, 3.8) is 0 Å². The maximum atomic E-state index is 12.8. The number of fused-ring (bicyclic) bond motifs is 1. The summed E-state index contributed by atoms with van der Waals surface area (Å²) in [6.07, 6.45) is 3.26. The van der Waals surface area contributed by atoms with E-state index in [1.165, 1.54) is 6.33 Å². The summed E-state index contributed by atoms with van der Waals surface area (Å²) in [6.45, 7) is 10.9. The van der Waals surface area contributed by atoms with E-state index in [0.717, 1.165) is 44.7 Å². The lowest BCUT2D eigenvalue weighted by Crippen LogP contribution is -2.56. The minimum atomic E-state index is -0.850. The molecule has 1 fully saturated rings. The standard InChI is InChI=1S/C30H32N8O3/c1-16-10-18(6-8-20(16)17(2)35-26(39)27-37-28(38-41-27)29(3,4)5)24-21-11-23(36-25(21)34-15-33-24)22-9-7-19(12-32-22)30(40)13-31-14-30/h6-12,15,17,31,40H,13-14H2,1-5H3,(H,35,39)(H,33,34,36). The summed E-state index contributed by atoms with van der Waals surface area (Å²) < 4.78 is 5.19. The molecule has 0 spiro atoms. The number of H-pyrrole nitrogens is 1. The summed E-state index contributed by atoms with van der Waals surface area (Å²) in [7, 11) is 0. The van der Waals surface area contributed by atoms with E-state index in [1.807, 2.05) is 65.0 Å². The summed E-state index contributed by atoms with van der Waals surface area (Å²) in [6, 6.07) is 11.6. The Morgan fingerprint density at radius 3 is 2.56 bits per heavy atom. The van der Waals surface area contributed by atoms with Crippen molar-refractivity contribution in [2.24, 2.45) is 0 Å². The zero-order valence-corrected chi connectivity index (χ0v) is 23.6. The van der Waals surface area contributed by atoms with Gasteiger partial charge in [-0.15, -0.1) is 0 Å². The summed E-state index contributed by atoms with van der Waals surface area (Å²) in [5.41, 5.74) is 5.58. The monoisotopic (exact) mass is 552 g/mol. The molecule has 41 heavy (non-hydrogen) atoms. The number of pyridine rings is 1. The zero-order chi connectivity index (χ0) is 28.9. The molecule has 1 unspecified atom stereocenters. The van der Waals surface area contributed by atoms with Gasteiger partial charge in [0.25, 0.3) is 0 Å². The van der Waals surface area contributed by atoms with E-state index in [-0.39, 0.29) is 17.3 Å². The van der Waals surface area contributed by atoms with Crippen LogP contribution in [0.2, 0.25) is 0 Å². The fourth-order valence-electron chi connectivity index (χ4n) is 4.97. The number of aromatic nitrogens is 6. The first kappa shape index (κ1) is 26.7. The number of carbonyl (C=O) groups is 1. The van der Waals surface area contributed by atoms with Gasteiger partial charge in [-0.05, 0) is 43.2 Å². The highest BCUT2D eigenvalue weighted by Gasteiger charge is 2.36. The van der Waals surface area contributed by atoms with Crippen molar-refractivity contribution in [2.45, 2.75) is 51.7 Å². The molecular weight excluding hydrogens is 520 g/mol. The number of nitrogens with one attached hydrogen (secondary N) is 3. The smallest absolute Gasteiger partial charge is 0.315 e. The van der Waals surface area contributed by atoms with Gasteiger partial charge < -0.3 is 25.2 Å². The van der Waals surface area contributed by atoms with Crippen LogP contribution in [-0.4, -0.2) is 54.2 Å². The van der Waals surface area contributed by atoms with Crippen LogP contribution in [0, 0.1) is 6.92 Å². The number of amides is 1. The van der Waals surface area contributed by atoms with Gasteiger partial charge >= 0.3 is 11.8 Å². The molecule has 1 aliphatic rings. The summed E-state index contributed by atoms with van der Waals surface area (Å²) >= 11 is 0. The molecule has 0 saturated carbocycles. The predicted molar refractivity (Wildman–Crippen MR) is 153 cm³/mol. The predicted octanol–water partition coefficient (Wildman–Crippen LogP) is 3.96. The Bertz CT molecular complexity index is 1750. The first-order chi connectivity index (χ1) is 19.5. The van der Waals surface area contributed by atoms with Crippen LogP contribution in [-0.2, 0) is 11.0 Å². The third-order valence-corrected chi connectivity index (χ3v) is 7.49. The molecule has 11 heteroatoms. The third kappa shape index (κ3) is 4.98.